The van der Waals surface area contributed by atoms with Crippen LogP contribution in [0.2, 0.25) is 5.02 Å². The van der Waals surface area contributed by atoms with Crippen molar-refractivity contribution < 1.29 is 4.79 Å². The van der Waals surface area contributed by atoms with Crippen LogP contribution in [-0.2, 0) is 0 Å². The predicted octanol–water partition coefficient (Wildman–Crippen LogP) is 2.90. The van der Waals surface area contributed by atoms with E-state index in [1.165, 1.54) is 0 Å². The summed E-state index contributed by atoms with van der Waals surface area (Å²) >= 11 is 5.96. The van der Waals surface area contributed by atoms with Gasteiger partial charge in [-0.15, -0.1) is 0 Å². The van der Waals surface area contributed by atoms with E-state index >= 15 is 0 Å². The second kappa shape index (κ2) is 5.89. The van der Waals surface area contributed by atoms with Gasteiger partial charge in [0, 0.05) is 18.0 Å². The third-order valence-electron chi connectivity index (χ3n) is 2.43. The van der Waals surface area contributed by atoms with Crippen molar-refractivity contribution in [3.05, 3.63) is 34.9 Å². The molecule has 1 aromatic rings. The highest BCUT2D eigenvalue weighted by Crippen LogP contribution is 2.20. The van der Waals surface area contributed by atoms with Crippen LogP contribution in [0.15, 0.2) is 24.3 Å². The normalized spacial score (nSPS) is 12.5. The van der Waals surface area contributed by atoms with E-state index < -0.39 is 0 Å². The second-order valence-electron chi connectivity index (χ2n) is 3.57. The lowest BCUT2D eigenvalue weighted by molar-refractivity contribution is 0.0917. The molecule has 0 heterocycles. The molecule has 2 N–H and O–H groups in total. The van der Waals surface area contributed by atoms with Crippen molar-refractivity contribution in [1.82, 2.24) is 0 Å². The lowest BCUT2D eigenvalue weighted by Crippen LogP contribution is -2.23. The second-order valence-corrected chi connectivity index (χ2v) is 3.97. The zero-order chi connectivity index (χ0) is 11.3. The number of rotatable bonds is 5. The van der Waals surface area contributed by atoms with Crippen LogP contribution >= 0.6 is 11.6 Å². The number of hydrogen-bond donors (Lipinski definition) is 1. The van der Waals surface area contributed by atoms with Crippen molar-refractivity contribution in [2.24, 2.45) is 11.7 Å². The fraction of sp³-hybridized carbons (Fsp3) is 0.417. The molecule has 0 fully saturated rings. The Morgan fingerprint density at radius 3 is 2.67 bits per heavy atom. The van der Waals surface area contributed by atoms with Crippen LogP contribution < -0.4 is 5.73 Å². The van der Waals surface area contributed by atoms with Gasteiger partial charge in [0.2, 0.25) is 0 Å². The van der Waals surface area contributed by atoms with E-state index in [-0.39, 0.29) is 11.7 Å². The van der Waals surface area contributed by atoms with Crippen molar-refractivity contribution in [2.45, 2.75) is 19.8 Å². The highest BCUT2D eigenvalue weighted by molar-refractivity contribution is 6.34. The van der Waals surface area contributed by atoms with Crippen molar-refractivity contribution in [1.29, 1.82) is 0 Å². The highest BCUT2D eigenvalue weighted by Gasteiger charge is 2.19. The van der Waals surface area contributed by atoms with Gasteiger partial charge in [0.15, 0.2) is 5.78 Å². The fourth-order valence-electron chi connectivity index (χ4n) is 1.59. The predicted molar refractivity (Wildman–Crippen MR) is 63.2 cm³/mol. The summed E-state index contributed by atoms with van der Waals surface area (Å²) < 4.78 is 0. The number of Topliss-reactive ketones (excluding diaryl/α,β-unsaturated/α-hetero) is 1. The molecule has 0 radical (unpaired) electrons. The summed E-state index contributed by atoms with van der Waals surface area (Å²) in [5, 5.41) is 0.511. The van der Waals surface area contributed by atoms with Gasteiger partial charge in [-0.3, -0.25) is 4.79 Å². The van der Waals surface area contributed by atoms with Gasteiger partial charge in [-0.25, -0.2) is 0 Å². The number of carbonyl (C=O) groups excluding carboxylic acids is 1. The first-order valence-electron chi connectivity index (χ1n) is 5.19. The first-order valence-corrected chi connectivity index (χ1v) is 5.57. The van der Waals surface area contributed by atoms with Crippen LogP contribution in [0.4, 0.5) is 0 Å². The molecule has 0 saturated heterocycles. The van der Waals surface area contributed by atoms with E-state index in [1.54, 1.807) is 12.1 Å². The molecule has 82 valence electrons. The minimum absolute atomic E-state index is 0.0601. The summed E-state index contributed by atoms with van der Waals surface area (Å²) in [6, 6.07) is 7.12. The minimum Gasteiger partial charge on any atom is -0.330 e. The molecule has 0 bridgehead atoms. The Morgan fingerprint density at radius 2 is 2.13 bits per heavy atom. The number of nitrogens with two attached hydrogens (primary N) is 1. The Kier molecular flexibility index (Phi) is 4.79. The zero-order valence-corrected chi connectivity index (χ0v) is 9.63. The molecule has 3 heteroatoms. The third-order valence-corrected chi connectivity index (χ3v) is 2.76. The van der Waals surface area contributed by atoms with Gasteiger partial charge < -0.3 is 5.73 Å². The summed E-state index contributed by atoms with van der Waals surface area (Å²) in [4.78, 5) is 12.0. The Labute approximate surface area is 95.4 Å². The van der Waals surface area contributed by atoms with Crippen molar-refractivity contribution in [2.75, 3.05) is 6.54 Å². The smallest absolute Gasteiger partial charge is 0.168 e. The molecule has 1 aromatic carbocycles. The number of hydrogen-bond acceptors (Lipinski definition) is 2. The van der Waals surface area contributed by atoms with Crippen LogP contribution in [0.25, 0.3) is 0 Å². The van der Waals surface area contributed by atoms with Crippen LogP contribution in [0.5, 0.6) is 0 Å². The third kappa shape index (κ3) is 3.05. The van der Waals surface area contributed by atoms with E-state index in [0.29, 0.717) is 17.1 Å². The number of carbonyl (C=O) groups is 1. The average Bonchev–Trinajstić information content (AvgIpc) is 2.25. The molecule has 1 rings (SSSR count). The minimum atomic E-state index is -0.102. The largest absolute Gasteiger partial charge is 0.330 e. The summed E-state index contributed by atoms with van der Waals surface area (Å²) in [5.41, 5.74) is 6.17. The summed E-state index contributed by atoms with van der Waals surface area (Å²) in [5.74, 6) is -0.0418. The molecule has 0 amide bonds. The van der Waals surface area contributed by atoms with Gasteiger partial charge in [-0.05, 0) is 18.6 Å². The standard InChI is InChI=1S/C12H16ClNO/c1-2-5-9(8-14)12(15)10-6-3-4-7-11(10)13/h3-4,6-7,9H,2,5,8,14H2,1H3. The molecular weight excluding hydrogens is 210 g/mol. The maximum absolute atomic E-state index is 12.0. The van der Waals surface area contributed by atoms with Crippen molar-refractivity contribution in [3.8, 4) is 0 Å². The van der Waals surface area contributed by atoms with E-state index in [1.807, 2.05) is 19.1 Å². The van der Waals surface area contributed by atoms with Gasteiger partial charge in [0.25, 0.3) is 0 Å². The van der Waals surface area contributed by atoms with Crippen LogP contribution in [0.1, 0.15) is 30.1 Å². The van der Waals surface area contributed by atoms with Gasteiger partial charge in [0.05, 0.1) is 5.02 Å². The molecular formula is C12H16ClNO. The molecule has 0 aliphatic heterocycles. The van der Waals surface area contributed by atoms with Gasteiger partial charge in [-0.1, -0.05) is 37.1 Å². The van der Waals surface area contributed by atoms with Crippen molar-refractivity contribution >= 4 is 17.4 Å². The summed E-state index contributed by atoms with van der Waals surface area (Å²) in [6.45, 7) is 2.43. The van der Waals surface area contributed by atoms with Gasteiger partial charge in [-0.2, -0.15) is 0 Å². The van der Waals surface area contributed by atoms with E-state index in [4.69, 9.17) is 17.3 Å². The fourth-order valence-corrected chi connectivity index (χ4v) is 1.81. The Hall–Kier alpha value is -0.860. The maximum atomic E-state index is 12.0. The molecule has 0 aliphatic rings. The number of ketones is 1. The monoisotopic (exact) mass is 225 g/mol. The van der Waals surface area contributed by atoms with E-state index in [2.05, 4.69) is 0 Å². The molecule has 0 saturated carbocycles. The first kappa shape index (κ1) is 12.2. The molecule has 15 heavy (non-hydrogen) atoms. The van der Waals surface area contributed by atoms with Crippen LogP contribution in [0, 0.1) is 5.92 Å². The molecule has 2 nitrogen and oxygen atoms in total. The Balaban J connectivity index is 2.88. The Bertz CT molecular complexity index is 338. The van der Waals surface area contributed by atoms with Crippen LogP contribution in [-0.4, -0.2) is 12.3 Å². The molecule has 1 atom stereocenters. The van der Waals surface area contributed by atoms with E-state index in [0.717, 1.165) is 12.8 Å². The molecule has 0 aliphatic carbocycles. The lowest BCUT2D eigenvalue weighted by atomic mass is 9.94. The van der Waals surface area contributed by atoms with Gasteiger partial charge >= 0.3 is 0 Å². The lowest BCUT2D eigenvalue weighted by Gasteiger charge is -2.13. The summed E-state index contributed by atoms with van der Waals surface area (Å²) in [7, 11) is 0. The summed E-state index contributed by atoms with van der Waals surface area (Å²) in [6.07, 6.45) is 1.78. The Morgan fingerprint density at radius 1 is 1.47 bits per heavy atom. The molecule has 0 aromatic heterocycles. The quantitative estimate of drug-likeness (QED) is 0.783. The van der Waals surface area contributed by atoms with Crippen LogP contribution in [0.3, 0.4) is 0 Å². The maximum Gasteiger partial charge on any atom is 0.168 e. The number of benzene rings is 1. The van der Waals surface area contributed by atoms with Crippen molar-refractivity contribution in [3.63, 3.8) is 0 Å². The SMILES string of the molecule is CCCC(CN)C(=O)c1ccccc1Cl. The molecule has 0 spiro atoms. The average molecular weight is 226 g/mol. The molecule has 1 unspecified atom stereocenters. The highest BCUT2D eigenvalue weighted by atomic mass is 35.5. The topological polar surface area (TPSA) is 43.1 Å². The first-order chi connectivity index (χ1) is 7.20. The van der Waals surface area contributed by atoms with Gasteiger partial charge in [0.1, 0.15) is 0 Å². The zero-order valence-electron chi connectivity index (χ0n) is 8.87. The number of halogens is 1. The van der Waals surface area contributed by atoms with E-state index in [9.17, 15) is 4.79 Å².